The molecule has 0 amide bonds. The highest BCUT2D eigenvalue weighted by atomic mass is 35.5. The van der Waals surface area contributed by atoms with Gasteiger partial charge in [-0.25, -0.2) is 4.39 Å². The molecule has 1 aliphatic rings. The van der Waals surface area contributed by atoms with Gasteiger partial charge in [-0.2, -0.15) is 0 Å². The first-order valence-electron chi connectivity index (χ1n) is 6.14. The summed E-state index contributed by atoms with van der Waals surface area (Å²) in [5.74, 6) is -0.351. The molecule has 1 unspecified atom stereocenters. The average molecular weight is 257 g/mol. The number of anilines is 1. The SMILES string of the molecule is CCC1CN(c2ccc(F)c(Cl)c2)CCCN1. The Morgan fingerprint density at radius 1 is 1.53 bits per heavy atom. The summed E-state index contributed by atoms with van der Waals surface area (Å²) in [4.78, 5) is 2.28. The number of nitrogens with zero attached hydrogens (tertiary/aromatic N) is 1. The quantitative estimate of drug-likeness (QED) is 0.875. The van der Waals surface area contributed by atoms with Gasteiger partial charge in [0.05, 0.1) is 5.02 Å². The Hall–Kier alpha value is -0.800. The fraction of sp³-hybridized carbons (Fsp3) is 0.538. The van der Waals surface area contributed by atoms with E-state index in [4.69, 9.17) is 11.6 Å². The van der Waals surface area contributed by atoms with Gasteiger partial charge in [-0.1, -0.05) is 18.5 Å². The van der Waals surface area contributed by atoms with Crippen LogP contribution in [-0.4, -0.2) is 25.7 Å². The Labute approximate surface area is 107 Å². The Balaban J connectivity index is 2.16. The molecule has 2 rings (SSSR count). The van der Waals surface area contributed by atoms with Gasteiger partial charge in [-0.3, -0.25) is 0 Å². The van der Waals surface area contributed by atoms with Gasteiger partial charge < -0.3 is 10.2 Å². The highest BCUT2D eigenvalue weighted by Gasteiger charge is 2.17. The summed E-state index contributed by atoms with van der Waals surface area (Å²) >= 11 is 5.83. The number of hydrogen-bond donors (Lipinski definition) is 1. The highest BCUT2D eigenvalue weighted by Crippen LogP contribution is 2.23. The molecule has 1 aromatic rings. The molecule has 1 aromatic carbocycles. The second kappa shape index (κ2) is 5.69. The van der Waals surface area contributed by atoms with Gasteiger partial charge in [-0.05, 0) is 37.6 Å². The van der Waals surface area contributed by atoms with Crippen LogP contribution in [0.3, 0.4) is 0 Å². The number of hydrogen-bond acceptors (Lipinski definition) is 2. The topological polar surface area (TPSA) is 15.3 Å². The third-order valence-electron chi connectivity index (χ3n) is 3.24. The van der Waals surface area contributed by atoms with Gasteiger partial charge >= 0.3 is 0 Å². The van der Waals surface area contributed by atoms with Gasteiger partial charge in [0.2, 0.25) is 0 Å². The predicted octanol–water partition coefficient (Wildman–Crippen LogP) is 3.06. The lowest BCUT2D eigenvalue weighted by Gasteiger charge is -2.26. The largest absolute Gasteiger partial charge is 0.370 e. The molecule has 1 N–H and O–H groups in total. The van der Waals surface area contributed by atoms with E-state index in [0.717, 1.165) is 38.2 Å². The van der Waals surface area contributed by atoms with Crippen molar-refractivity contribution in [1.29, 1.82) is 0 Å². The molecule has 0 spiro atoms. The summed E-state index contributed by atoms with van der Waals surface area (Å²) in [6, 6.07) is 5.46. The van der Waals surface area contributed by atoms with Crippen LogP contribution in [0.2, 0.25) is 5.02 Å². The monoisotopic (exact) mass is 256 g/mol. The lowest BCUT2D eigenvalue weighted by Crippen LogP contribution is -2.37. The van der Waals surface area contributed by atoms with E-state index in [1.54, 1.807) is 12.1 Å². The van der Waals surface area contributed by atoms with Gasteiger partial charge in [0.15, 0.2) is 0 Å². The molecule has 17 heavy (non-hydrogen) atoms. The Kier molecular flexibility index (Phi) is 4.24. The van der Waals surface area contributed by atoms with Gasteiger partial charge in [0.25, 0.3) is 0 Å². The fourth-order valence-corrected chi connectivity index (χ4v) is 2.36. The minimum atomic E-state index is -0.351. The zero-order chi connectivity index (χ0) is 12.3. The van der Waals surface area contributed by atoms with E-state index in [9.17, 15) is 4.39 Å². The molecule has 0 aromatic heterocycles. The van der Waals surface area contributed by atoms with Crippen LogP contribution in [-0.2, 0) is 0 Å². The fourth-order valence-electron chi connectivity index (χ4n) is 2.19. The maximum atomic E-state index is 13.1. The second-order valence-electron chi connectivity index (χ2n) is 4.46. The van der Waals surface area contributed by atoms with Crippen molar-refractivity contribution in [1.82, 2.24) is 5.32 Å². The van der Waals surface area contributed by atoms with Crippen molar-refractivity contribution < 1.29 is 4.39 Å². The number of benzene rings is 1. The first-order chi connectivity index (χ1) is 8.20. The van der Waals surface area contributed by atoms with Gasteiger partial charge in [-0.15, -0.1) is 0 Å². The Morgan fingerprint density at radius 3 is 3.06 bits per heavy atom. The molecule has 0 aliphatic carbocycles. The van der Waals surface area contributed by atoms with Crippen LogP contribution in [0, 0.1) is 5.82 Å². The first kappa shape index (κ1) is 12.7. The summed E-state index contributed by atoms with van der Waals surface area (Å²) in [5.41, 5.74) is 1.01. The van der Waals surface area contributed by atoms with E-state index < -0.39 is 0 Å². The van der Waals surface area contributed by atoms with E-state index in [-0.39, 0.29) is 10.8 Å². The highest BCUT2D eigenvalue weighted by molar-refractivity contribution is 6.31. The van der Waals surface area contributed by atoms with E-state index in [2.05, 4.69) is 17.1 Å². The molecular weight excluding hydrogens is 239 g/mol. The van der Waals surface area contributed by atoms with Gasteiger partial charge in [0.1, 0.15) is 5.82 Å². The first-order valence-corrected chi connectivity index (χ1v) is 6.52. The lowest BCUT2D eigenvalue weighted by molar-refractivity contribution is 0.528. The van der Waals surface area contributed by atoms with Crippen molar-refractivity contribution in [2.45, 2.75) is 25.8 Å². The Bertz CT molecular complexity index is 384. The van der Waals surface area contributed by atoms with Crippen LogP contribution >= 0.6 is 11.6 Å². The van der Waals surface area contributed by atoms with Crippen LogP contribution in [0.1, 0.15) is 19.8 Å². The summed E-state index contributed by atoms with van der Waals surface area (Å²) in [7, 11) is 0. The maximum Gasteiger partial charge on any atom is 0.141 e. The molecule has 4 heteroatoms. The lowest BCUT2D eigenvalue weighted by atomic mass is 10.2. The van der Waals surface area contributed by atoms with E-state index in [1.807, 2.05) is 0 Å². The van der Waals surface area contributed by atoms with Crippen LogP contribution < -0.4 is 10.2 Å². The molecule has 0 radical (unpaired) electrons. The van der Waals surface area contributed by atoms with Crippen LogP contribution in [0.25, 0.3) is 0 Å². The van der Waals surface area contributed by atoms with E-state index >= 15 is 0 Å². The normalized spacial score (nSPS) is 21.4. The van der Waals surface area contributed by atoms with Crippen molar-refractivity contribution in [2.75, 3.05) is 24.5 Å². The molecule has 2 nitrogen and oxygen atoms in total. The molecule has 1 saturated heterocycles. The summed E-state index contributed by atoms with van der Waals surface area (Å²) in [5, 5.41) is 3.71. The van der Waals surface area contributed by atoms with Crippen molar-refractivity contribution in [3.05, 3.63) is 29.0 Å². The minimum absolute atomic E-state index is 0.202. The van der Waals surface area contributed by atoms with Crippen LogP contribution in [0.5, 0.6) is 0 Å². The number of nitrogens with one attached hydrogen (secondary N) is 1. The number of rotatable bonds is 2. The van der Waals surface area contributed by atoms with Crippen molar-refractivity contribution >= 4 is 17.3 Å². The van der Waals surface area contributed by atoms with Crippen LogP contribution in [0.15, 0.2) is 18.2 Å². The van der Waals surface area contributed by atoms with Crippen molar-refractivity contribution in [3.63, 3.8) is 0 Å². The molecule has 1 heterocycles. The van der Waals surface area contributed by atoms with E-state index in [0.29, 0.717) is 6.04 Å². The molecule has 0 bridgehead atoms. The smallest absolute Gasteiger partial charge is 0.141 e. The molecule has 0 saturated carbocycles. The zero-order valence-electron chi connectivity index (χ0n) is 10.0. The van der Waals surface area contributed by atoms with Crippen LogP contribution in [0.4, 0.5) is 10.1 Å². The Morgan fingerprint density at radius 2 is 2.35 bits per heavy atom. The van der Waals surface area contributed by atoms with E-state index in [1.165, 1.54) is 6.07 Å². The van der Waals surface area contributed by atoms with Crippen molar-refractivity contribution in [2.24, 2.45) is 0 Å². The number of halogens is 2. The summed E-state index contributed by atoms with van der Waals surface area (Å²) in [6.45, 7) is 5.17. The molecule has 1 aliphatic heterocycles. The average Bonchev–Trinajstić information content (AvgIpc) is 2.58. The second-order valence-corrected chi connectivity index (χ2v) is 4.86. The van der Waals surface area contributed by atoms with Gasteiger partial charge in [0, 0.05) is 24.8 Å². The standard InChI is InChI=1S/C13H18ClFN2/c1-2-10-9-17(7-3-6-16-10)11-4-5-13(15)12(14)8-11/h4-5,8,10,16H,2-3,6-7,9H2,1H3. The third kappa shape index (κ3) is 3.11. The summed E-state index contributed by atoms with van der Waals surface area (Å²) in [6.07, 6.45) is 2.21. The molecule has 94 valence electrons. The summed E-state index contributed by atoms with van der Waals surface area (Å²) < 4.78 is 13.1. The minimum Gasteiger partial charge on any atom is -0.370 e. The molecular formula is C13H18ClFN2. The molecule has 1 fully saturated rings. The third-order valence-corrected chi connectivity index (χ3v) is 3.53. The molecule has 1 atom stereocenters. The van der Waals surface area contributed by atoms with Crippen molar-refractivity contribution in [3.8, 4) is 0 Å². The zero-order valence-corrected chi connectivity index (χ0v) is 10.8. The maximum absolute atomic E-state index is 13.1. The predicted molar refractivity (Wildman–Crippen MR) is 70.3 cm³/mol.